The molecular formula is C24H27N3O. The molecular weight excluding hydrogens is 346 g/mol. The van der Waals surface area contributed by atoms with Crippen LogP contribution in [0.3, 0.4) is 0 Å². The number of aromatic nitrogens is 2. The van der Waals surface area contributed by atoms with Crippen LogP contribution in [0.25, 0.3) is 6.08 Å². The third kappa shape index (κ3) is 4.39. The van der Waals surface area contributed by atoms with Crippen molar-refractivity contribution < 1.29 is 4.79 Å². The zero-order valence-corrected chi connectivity index (χ0v) is 17.2. The van der Waals surface area contributed by atoms with E-state index >= 15 is 0 Å². The van der Waals surface area contributed by atoms with Gasteiger partial charge in [0.15, 0.2) is 0 Å². The van der Waals surface area contributed by atoms with Crippen molar-refractivity contribution in [3.05, 3.63) is 87.7 Å². The molecule has 1 heterocycles. The molecule has 1 N–H and O–H groups in total. The number of hydrogen-bond donors (Lipinski definition) is 1. The fourth-order valence-corrected chi connectivity index (χ4v) is 3.31. The van der Waals surface area contributed by atoms with Gasteiger partial charge in [0.1, 0.15) is 0 Å². The predicted molar refractivity (Wildman–Crippen MR) is 116 cm³/mol. The normalized spacial score (nSPS) is 11.2. The van der Waals surface area contributed by atoms with E-state index in [9.17, 15) is 4.79 Å². The standard InChI is InChI=1S/C24H27N3O/c1-16-9-11-21(12-10-16)15-27-20(5)22(19(4)26-27)13-14-23(28)25-24-17(2)7-6-8-18(24)3/h6-14H,15H2,1-5H3,(H,25,28)/b14-13+. The number of nitrogens with zero attached hydrogens (tertiary/aromatic N) is 2. The monoisotopic (exact) mass is 373 g/mol. The number of benzene rings is 2. The third-order valence-corrected chi connectivity index (χ3v) is 5.02. The number of hydrogen-bond acceptors (Lipinski definition) is 2. The topological polar surface area (TPSA) is 46.9 Å². The average molecular weight is 374 g/mol. The third-order valence-electron chi connectivity index (χ3n) is 5.02. The largest absolute Gasteiger partial charge is 0.322 e. The Kier molecular flexibility index (Phi) is 5.78. The molecule has 0 fully saturated rings. The van der Waals surface area contributed by atoms with Gasteiger partial charge >= 0.3 is 0 Å². The van der Waals surface area contributed by atoms with Crippen molar-refractivity contribution in [2.24, 2.45) is 0 Å². The molecule has 0 aliphatic heterocycles. The molecule has 0 bridgehead atoms. The first-order chi connectivity index (χ1) is 13.3. The number of carbonyl (C=O) groups is 1. The maximum Gasteiger partial charge on any atom is 0.248 e. The molecule has 3 aromatic rings. The first-order valence-electron chi connectivity index (χ1n) is 9.50. The Balaban J connectivity index is 1.76. The molecule has 0 radical (unpaired) electrons. The number of amides is 1. The number of nitrogens with one attached hydrogen (secondary N) is 1. The molecule has 0 saturated heterocycles. The second kappa shape index (κ2) is 8.26. The Bertz CT molecular complexity index is 1010. The summed E-state index contributed by atoms with van der Waals surface area (Å²) in [6, 6.07) is 14.5. The second-order valence-corrected chi connectivity index (χ2v) is 7.32. The van der Waals surface area contributed by atoms with Crippen molar-refractivity contribution in [2.75, 3.05) is 5.32 Å². The van der Waals surface area contributed by atoms with E-state index in [1.54, 1.807) is 6.08 Å². The summed E-state index contributed by atoms with van der Waals surface area (Å²) in [5, 5.41) is 7.64. The lowest BCUT2D eigenvalue weighted by molar-refractivity contribution is -0.111. The van der Waals surface area contributed by atoms with Crippen LogP contribution < -0.4 is 5.32 Å². The van der Waals surface area contributed by atoms with Crippen LogP contribution in [0.1, 0.15) is 39.2 Å². The second-order valence-electron chi connectivity index (χ2n) is 7.32. The first kappa shape index (κ1) is 19.6. The highest BCUT2D eigenvalue weighted by Crippen LogP contribution is 2.20. The SMILES string of the molecule is Cc1ccc(Cn2nc(C)c(/C=C/C(=O)Nc3c(C)cccc3C)c2C)cc1. The lowest BCUT2D eigenvalue weighted by atomic mass is 10.1. The maximum atomic E-state index is 12.4. The number of rotatable bonds is 5. The zero-order valence-electron chi connectivity index (χ0n) is 17.2. The van der Waals surface area contributed by atoms with Gasteiger partial charge in [-0.05, 0) is 57.4 Å². The van der Waals surface area contributed by atoms with Gasteiger partial charge in [-0.25, -0.2) is 0 Å². The molecule has 1 amide bonds. The lowest BCUT2D eigenvalue weighted by Gasteiger charge is -2.09. The summed E-state index contributed by atoms with van der Waals surface area (Å²) in [4.78, 5) is 12.4. The molecule has 0 saturated carbocycles. The van der Waals surface area contributed by atoms with Gasteiger partial charge in [0, 0.05) is 23.0 Å². The quantitative estimate of drug-likeness (QED) is 0.631. The Labute approximate surface area is 166 Å². The van der Waals surface area contributed by atoms with Gasteiger partial charge in [-0.2, -0.15) is 5.10 Å². The Morgan fingerprint density at radius 3 is 2.29 bits per heavy atom. The number of aryl methyl sites for hydroxylation is 4. The summed E-state index contributed by atoms with van der Waals surface area (Å²) in [5.41, 5.74) is 8.40. The lowest BCUT2D eigenvalue weighted by Crippen LogP contribution is -2.10. The van der Waals surface area contributed by atoms with Gasteiger partial charge in [-0.15, -0.1) is 0 Å². The van der Waals surface area contributed by atoms with Gasteiger partial charge in [0.25, 0.3) is 0 Å². The molecule has 0 unspecified atom stereocenters. The van der Waals surface area contributed by atoms with Gasteiger partial charge < -0.3 is 5.32 Å². The smallest absolute Gasteiger partial charge is 0.248 e. The van der Waals surface area contributed by atoms with E-state index < -0.39 is 0 Å². The van der Waals surface area contributed by atoms with Crippen LogP contribution in [0, 0.1) is 34.6 Å². The van der Waals surface area contributed by atoms with Crippen molar-refractivity contribution >= 4 is 17.7 Å². The van der Waals surface area contributed by atoms with E-state index in [2.05, 4.69) is 41.6 Å². The molecule has 144 valence electrons. The summed E-state index contributed by atoms with van der Waals surface area (Å²) < 4.78 is 1.99. The number of carbonyl (C=O) groups excluding carboxylic acids is 1. The van der Waals surface area contributed by atoms with Crippen molar-refractivity contribution in [2.45, 2.75) is 41.2 Å². The van der Waals surface area contributed by atoms with E-state index in [0.717, 1.165) is 40.3 Å². The van der Waals surface area contributed by atoms with E-state index in [4.69, 9.17) is 0 Å². The average Bonchev–Trinajstić information content (AvgIpc) is 2.92. The molecule has 28 heavy (non-hydrogen) atoms. The van der Waals surface area contributed by atoms with E-state index in [0.29, 0.717) is 0 Å². The number of para-hydroxylation sites is 1. The van der Waals surface area contributed by atoms with Crippen molar-refractivity contribution in [3.8, 4) is 0 Å². The minimum absolute atomic E-state index is 0.137. The predicted octanol–water partition coefficient (Wildman–Crippen LogP) is 5.13. The molecule has 4 heteroatoms. The number of anilines is 1. The fourth-order valence-electron chi connectivity index (χ4n) is 3.31. The summed E-state index contributed by atoms with van der Waals surface area (Å²) >= 11 is 0. The van der Waals surface area contributed by atoms with Crippen molar-refractivity contribution in [1.82, 2.24) is 9.78 Å². The van der Waals surface area contributed by atoms with Crippen molar-refractivity contribution in [3.63, 3.8) is 0 Å². The van der Waals surface area contributed by atoms with Gasteiger partial charge in [-0.1, -0.05) is 48.0 Å². The van der Waals surface area contributed by atoms with Crippen LogP contribution in [0.5, 0.6) is 0 Å². The van der Waals surface area contributed by atoms with Crippen LogP contribution in [-0.2, 0) is 11.3 Å². The summed E-state index contributed by atoms with van der Waals surface area (Å²) in [6.45, 7) is 10.8. The molecule has 2 aromatic carbocycles. The van der Waals surface area contributed by atoms with Crippen LogP contribution in [0.2, 0.25) is 0 Å². The maximum absolute atomic E-state index is 12.4. The Morgan fingerprint density at radius 2 is 1.64 bits per heavy atom. The van der Waals surface area contributed by atoms with Crippen LogP contribution in [0.4, 0.5) is 5.69 Å². The van der Waals surface area contributed by atoms with Crippen LogP contribution in [-0.4, -0.2) is 15.7 Å². The zero-order chi connectivity index (χ0) is 20.3. The Morgan fingerprint density at radius 1 is 1.00 bits per heavy atom. The molecule has 0 spiro atoms. The minimum Gasteiger partial charge on any atom is -0.322 e. The highest BCUT2D eigenvalue weighted by atomic mass is 16.1. The van der Waals surface area contributed by atoms with E-state index in [-0.39, 0.29) is 5.91 Å². The molecule has 1 aromatic heterocycles. The van der Waals surface area contributed by atoms with Crippen LogP contribution >= 0.6 is 0 Å². The first-order valence-corrected chi connectivity index (χ1v) is 9.50. The van der Waals surface area contributed by atoms with Gasteiger partial charge in [0.2, 0.25) is 5.91 Å². The molecule has 4 nitrogen and oxygen atoms in total. The fraction of sp³-hybridized carbons (Fsp3) is 0.250. The van der Waals surface area contributed by atoms with E-state index in [1.165, 1.54) is 11.1 Å². The van der Waals surface area contributed by atoms with Gasteiger partial charge in [-0.3, -0.25) is 9.48 Å². The van der Waals surface area contributed by atoms with Crippen molar-refractivity contribution in [1.29, 1.82) is 0 Å². The van der Waals surface area contributed by atoms with Crippen LogP contribution in [0.15, 0.2) is 48.5 Å². The molecule has 0 aliphatic rings. The minimum atomic E-state index is -0.137. The highest BCUT2D eigenvalue weighted by Gasteiger charge is 2.10. The molecule has 3 rings (SSSR count). The summed E-state index contributed by atoms with van der Waals surface area (Å²) in [7, 11) is 0. The Hall–Kier alpha value is -3.14. The molecule has 0 aliphatic carbocycles. The van der Waals surface area contributed by atoms with Gasteiger partial charge in [0.05, 0.1) is 12.2 Å². The molecule has 0 atom stereocenters. The van der Waals surface area contributed by atoms with E-state index in [1.807, 2.05) is 56.7 Å². The summed E-state index contributed by atoms with van der Waals surface area (Å²) in [6.07, 6.45) is 3.44. The highest BCUT2D eigenvalue weighted by molar-refractivity contribution is 6.02. The summed E-state index contributed by atoms with van der Waals surface area (Å²) in [5.74, 6) is -0.137.